The minimum absolute atomic E-state index is 0.344. The van der Waals surface area contributed by atoms with E-state index in [0.717, 1.165) is 21.6 Å². The monoisotopic (exact) mass is 474 g/mol. The van der Waals surface area contributed by atoms with Crippen LogP contribution in [0.1, 0.15) is 11.1 Å². The van der Waals surface area contributed by atoms with Gasteiger partial charge in [0, 0.05) is 19.8 Å². The zero-order valence-electron chi connectivity index (χ0n) is 18.4. The third kappa shape index (κ3) is 4.25. The quantitative estimate of drug-likeness (QED) is 0.211. The van der Waals surface area contributed by atoms with Crippen LogP contribution in [0.4, 0.5) is 0 Å². The molecule has 0 amide bonds. The molecule has 0 aliphatic heterocycles. The van der Waals surface area contributed by atoms with Crippen molar-refractivity contribution in [3.05, 3.63) is 132 Å². The molecule has 0 fully saturated rings. The molecule has 0 saturated heterocycles. The number of rotatable bonds is 6. The SMILES string of the molecule is c1cc(C[Si]Cc2cccc(-p3ccc4ccccc43)c2)cc(-p2ccc3ccccc32)c1. The van der Waals surface area contributed by atoms with Crippen LogP contribution in [0, 0.1) is 0 Å². The number of benzene rings is 4. The molecule has 0 aliphatic rings. The molecule has 0 saturated carbocycles. The molecule has 4 aromatic carbocycles. The van der Waals surface area contributed by atoms with Gasteiger partial charge >= 0.3 is 0 Å². The van der Waals surface area contributed by atoms with Crippen molar-refractivity contribution in [3.8, 4) is 10.6 Å². The van der Waals surface area contributed by atoms with E-state index in [1.807, 2.05) is 0 Å². The number of hydrogen-bond acceptors (Lipinski definition) is 0. The van der Waals surface area contributed by atoms with Crippen molar-refractivity contribution >= 4 is 45.6 Å². The zero-order chi connectivity index (χ0) is 22.0. The summed E-state index contributed by atoms with van der Waals surface area (Å²) in [6.45, 7) is 0. The van der Waals surface area contributed by atoms with Crippen molar-refractivity contribution in [1.29, 1.82) is 0 Å². The summed E-state index contributed by atoms with van der Waals surface area (Å²) in [5.74, 6) is 4.81. The van der Waals surface area contributed by atoms with Crippen molar-refractivity contribution in [3.63, 3.8) is 0 Å². The fourth-order valence-electron chi connectivity index (χ4n) is 4.60. The van der Waals surface area contributed by atoms with Crippen LogP contribution in [-0.2, 0) is 12.1 Å². The molecule has 0 bridgehead atoms. The first-order valence-corrected chi connectivity index (χ1v) is 15.6. The first-order valence-electron chi connectivity index (χ1n) is 11.4. The van der Waals surface area contributed by atoms with E-state index in [-0.39, 0.29) is 15.1 Å². The van der Waals surface area contributed by atoms with Gasteiger partial charge in [0.25, 0.3) is 0 Å². The van der Waals surface area contributed by atoms with Gasteiger partial charge in [-0.25, -0.2) is 0 Å². The van der Waals surface area contributed by atoms with Crippen LogP contribution in [0.3, 0.4) is 0 Å². The van der Waals surface area contributed by atoms with Gasteiger partial charge in [-0.15, -0.1) is 0 Å². The highest BCUT2D eigenvalue weighted by atomic mass is 31.1. The molecule has 0 nitrogen and oxygen atoms in total. The molecular weight excluding hydrogens is 450 g/mol. The van der Waals surface area contributed by atoms with Crippen LogP contribution >= 0.6 is 15.1 Å². The van der Waals surface area contributed by atoms with Crippen molar-refractivity contribution < 1.29 is 0 Å². The second-order valence-corrected chi connectivity index (χ2v) is 13.7. The lowest BCUT2D eigenvalue weighted by Crippen LogP contribution is -2.01. The Hall–Kier alpha value is -2.82. The standard InChI is InChI=1S/C30H24P2Si/c1-3-13-29-25(9-1)15-17-31(29)27-11-5-7-23(19-27)21-33-22-24-8-6-12-28(20-24)32-18-16-26-10-2-4-14-30(26)32/h1-20H,21-22H2. The predicted molar refractivity (Wildman–Crippen MR) is 149 cm³/mol. The Morgan fingerprint density at radius 1 is 0.485 bits per heavy atom. The molecule has 2 atom stereocenters. The van der Waals surface area contributed by atoms with Crippen LogP contribution < -0.4 is 0 Å². The van der Waals surface area contributed by atoms with Crippen molar-refractivity contribution in [2.24, 2.45) is 0 Å². The van der Waals surface area contributed by atoms with Gasteiger partial charge in [-0.2, -0.15) is 0 Å². The van der Waals surface area contributed by atoms with Gasteiger partial charge in [0.2, 0.25) is 0 Å². The van der Waals surface area contributed by atoms with Gasteiger partial charge in [0.05, 0.1) is 0 Å². The van der Waals surface area contributed by atoms with E-state index in [4.69, 9.17) is 0 Å². The molecule has 0 N–H and O–H groups in total. The Morgan fingerprint density at radius 2 is 0.970 bits per heavy atom. The van der Waals surface area contributed by atoms with Gasteiger partial charge in [-0.1, -0.05) is 111 Å². The van der Waals surface area contributed by atoms with E-state index in [9.17, 15) is 0 Å². The molecule has 3 heteroatoms. The highest BCUT2D eigenvalue weighted by molar-refractivity contribution is 7.62. The topological polar surface area (TPSA) is 0 Å². The third-order valence-electron chi connectivity index (χ3n) is 6.23. The Bertz CT molecular complexity index is 1440. The summed E-state index contributed by atoms with van der Waals surface area (Å²) >= 11 is 0. The highest BCUT2D eigenvalue weighted by Crippen LogP contribution is 2.48. The maximum atomic E-state index is 2.45. The molecule has 0 aliphatic carbocycles. The van der Waals surface area contributed by atoms with E-state index in [0.29, 0.717) is 0 Å². The highest BCUT2D eigenvalue weighted by Gasteiger charge is 2.07. The summed E-state index contributed by atoms with van der Waals surface area (Å²) in [6, 6.07) is 43.2. The first-order chi connectivity index (χ1) is 16.3. The molecule has 2 unspecified atom stereocenters. The number of hydrogen-bond donors (Lipinski definition) is 0. The van der Waals surface area contributed by atoms with Crippen molar-refractivity contribution in [2.45, 2.75) is 12.1 Å². The average Bonchev–Trinajstić information content (AvgIpc) is 3.49. The lowest BCUT2D eigenvalue weighted by Gasteiger charge is -2.08. The Morgan fingerprint density at radius 3 is 1.48 bits per heavy atom. The Labute approximate surface area is 199 Å². The van der Waals surface area contributed by atoms with E-state index < -0.39 is 0 Å². The lowest BCUT2D eigenvalue weighted by molar-refractivity contribution is 1.31. The summed E-state index contributed by atoms with van der Waals surface area (Å²) in [5.41, 5.74) is 2.94. The van der Waals surface area contributed by atoms with E-state index >= 15 is 0 Å². The largest absolute Gasteiger partial charge is 0.0853 e. The summed E-state index contributed by atoms with van der Waals surface area (Å²) in [5, 5.41) is 8.71. The summed E-state index contributed by atoms with van der Waals surface area (Å²) < 4.78 is 0. The molecule has 158 valence electrons. The van der Waals surface area contributed by atoms with Crippen LogP contribution in [0.5, 0.6) is 0 Å². The molecular formula is C30H24P2Si. The van der Waals surface area contributed by atoms with E-state index in [1.54, 1.807) is 0 Å². The van der Waals surface area contributed by atoms with Crippen molar-refractivity contribution in [2.75, 3.05) is 0 Å². The van der Waals surface area contributed by atoms with Gasteiger partial charge in [-0.3, -0.25) is 0 Å². The van der Waals surface area contributed by atoms with Gasteiger partial charge in [0.15, 0.2) is 0 Å². The minimum atomic E-state index is -0.344. The number of fused-ring (bicyclic) bond motifs is 2. The van der Waals surface area contributed by atoms with Crippen molar-refractivity contribution in [1.82, 2.24) is 0 Å². The minimum Gasteiger partial charge on any atom is -0.0853 e. The van der Waals surface area contributed by atoms with Crippen LogP contribution in [0.15, 0.2) is 121 Å². The van der Waals surface area contributed by atoms with Crippen LogP contribution in [0.2, 0.25) is 0 Å². The molecule has 6 aromatic rings. The predicted octanol–water partition coefficient (Wildman–Crippen LogP) is 9.35. The fraction of sp³-hybridized carbons (Fsp3) is 0.0667. The van der Waals surface area contributed by atoms with Gasteiger partial charge < -0.3 is 0 Å². The summed E-state index contributed by atoms with van der Waals surface area (Å²) in [4.78, 5) is 0. The Balaban J connectivity index is 1.17. The van der Waals surface area contributed by atoms with Gasteiger partial charge in [0.1, 0.15) is 0 Å². The van der Waals surface area contributed by atoms with Crippen LogP contribution in [-0.4, -0.2) is 9.52 Å². The molecule has 2 radical (unpaired) electrons. The van der Waals surface area contributed by atoms with Crippen LogP contribution in [0.25, 0.3) is 31.6 Å². The molecule has 2 aromatic heterocycles. The smallest absolute Gasteiger partial charge is 0.0478 e. The van der Waals surface area contributed by atoms with E-state index in [1.165, 1.54) is 42.7 Å². The van der Waals surface area contributed by atoms with E-state index in [2.05, 4.69) is 121 Å². The summed E-state index contributed by atoms with van der Waals surface area (Å²) in [6.07, 6.45) is 0. The average molecular weight is 475 g/mol. The second kappa shape index (κ2) is 9.20. The Kier molecular flexibility index (Phi) is 5.79. The fourth-order valence-corrected chi connectivity index (χ4v) is 10.0. The molecule has 33 heavy (non-hydrogen) atoms. The zero-order valence-corrected chi connectivity index (χ0v) is 21.1. The second-order valence-electron chi connectivity index (χ2n) is 8.43. The molecule has 2 heterocycles. The lowest BCUT2D eigenvalue weighted by atomic mass is 10.2. The maximum Gasteiger partial charge on any atom is 0.0478 e. The first kappa shape index (κ1) is 20.8. The molecule has 0 spiro atoms. The third-order valence-corrected chi connectivity index (χ3v) is 12.0. The van der Waals surface area contributed by atoms with Gasteiger partial charge in [-0.05, 0) is 69.3 Å². The summed E-state index contributed by atoms with van der Waals surface area (Å²) in [7, 11) is 0.218. The molecule has 6 rings (SSSR count). The maximum absolute atomic E-state index is 2.45. The normalized spacial score (nSPS) is 12.5.